The van der Waals surface area contributed by atoms with Gasteiger partial charge in [0.05, 0.1) is 16.0 Å². The van der Waals surface area contributed by atoms with Gasteiger partial charge in [0.1, 0.15) is 12.4 Å². The standard InChI is InChI=1S/C23H27N3O5/c1-14(2)12-25-19-11-16(9-10-20(19)31-13-23(4,5)22(25)28)24-21(27)17-7-6-8-18(15(17)3)26(29)30/h6-11,14H,12-13H2,1-5H3,(H,24,27). The summed E-state index contributed by atoms with van der Waals surface area (Å²) in [4.78, 5) is 38.4. The largest absolute Gasteiger partial charge is 0.490 e. The first-order valence-electron chi connectivity index (χ1n) is 10.2. The van der Waals surface area contributed by atoms with Gasteiger partial charge in [-0.25, -0.2) is 0 Å². The van der Waals surface area contributed by atoms with Gasteiger partial charge in [-0.15, -0.1) is 0 Å². The number of nitrogens with zero attached hydrogens (tertiary/aromatic N) is 2. The second kappa shape index (κ2) is 8.37. The van der Waals surface area contributed by atoms with Crippen molar-refractivity contribution in [2.24, 2.45) is 11.3 Å². The van der Waals surface area contributed by atoms with Crippen LogP contribution < -0.4 is 15.0 Å². The summed E-state index contributed by atoms with van der Waals surface area (Å²) in [7, 11) is 0. The van der Waals surface area contributed by atoms with Crippen LogP contribution in [0.15, 0.2) is 36.4 Å². The summed E-state index contributed by atoms with van der Waals surface area (Å²) in [6, 6.07) is 9.52. The average Bonchev–Trinajstić information content (AvgIpc) is 2.78. The van der Waals surface area contributed by atoms with Crippen LogP contribution in [0.2, 0.25) is 0 Å². The Kier molecular flexibility index (Phi) is 6.01. The Balaban J connectivity index is 1.96. The summed E-state index contributed by atoms with van der Waals surface area (Å²) >= 11 is 0. The fourth-order valence-electron chi connectivity index (χ4n) is 3.53. The van der Waals surface area contributed by atoms with Gasteiger partial charge in [-0.3, -0.25) is 19.7 Å². The lowest BCUT2D eigenvalue weighted by Gasteiger charge is -2.29. The topological polar surface area (TPSA) is 102 Å². The smallest absolute Gasteiger partial charge is 0.273 e. The van der Waals surface area contributed by atoms with Crippen molar-refractivity contribution in [1.82, 2.24) is 0 Å². The van der Waals surface area contributed by atoms with Gasteiger partial charge in [0.25, 0.3) is 11.6 Å². The molecule has 8 heteroatoms. The number of nitro benzene ring substituents is 1. The van der Waals surface area contributed by atoms with Crippen LogP contribution in [0, 0.1) is 28.4 Å². The van der Waals surface area contributed by atoms with E-state index in [0.29, 0.717) is 29.2 Å². The van der Waals surface area contributed by atoms with Crippen LogP contribution >= 0.6 is 0 Å². The van der Waals surface area contributed by atoms with E-state index in [-0.39, 0.29) is 29.7 Å². The first-order chi connectivity index (χ1) is 14.5. The molecule has 0 fully saturated rings. The monoisotopic (exact) mass is 425 g/mol. The molecule has 0 atom stereocenters. The molecular weight excluding hydrogens is 398 g/mol. The second-order valence-electron chi connectivity index (χ2n) is 8.83. The van der Waals surface area contributed by atoms with Crippen LogP contribution in [-0.2, 0) is 4.79 Å². The molecule has 0 aliphatic carbocycles. The summed E-state index contributed by atoms with van der Waals surface area (Å²) in [6.45, 7) is 10.1. The molecule has 1 aliphatic heterocycles. The van der Waals surface area contributed by atoms with Crippen molar-refractivity contribution < 1.29 is 19.2 Å². The number of amides is 2. The summed E-state index contributed by atoms with van der Waals surface area (Å²) in [5, 5.41) is 14.0. The van der Waals surface area contributed by atoms with Gasteiger partial charge >= 0.3 is 0 Å². The highest BCUT2D eigenvalue weighted by molar-refractivity contribution is 6.07. The molecule has 1 N–H and O–H groups in total. The second-order valence-corrected chi connectivity index (χ2v) is 8.83. The number of carbonyl (C=O) groups excluding carboxylic acids is 2. The van der Waals surface area contributed by atoms with Gasteiger partial charge in [-0.05, 0) is 51.0 Å². The molecule has 2 amide bonds. The number of benzene rings is 2. The highest BCUT2D eigenvalue weighted by Gasteiger charge is 2.38. The molecule has 0 unspecified atom stereocenters. The molecule has 164 valence electrons. The molecule has 0 saturated heterocycles. The van der Waals surface area contributed by atoms with Crippen LogP contribution in [0.3, 0.4) is 0 Å². The van der Waals surface area contributed by atoms with Crippen LogP contribution in [-0.4, -0.2) is 29.9 Å². The Hall–Kier alpha value is -3.42. The summed E-state index contributed by atoms with van der Waals surface area (Å²) < 4.78 is 5.90. The lowest BCUT2D eigenvalue weighted by atomic mass is 9.92. The minimum absolute atomic E-state index is 0.0436. The molecule has 0 radical (unpaired) electrons. The fourth-order valence-corrected chi connectivity index (χ4v) is 3.53. The van der Waals surface area contributed by atoms with E-state index in [4.69, 9.17) is 4.74 Å². The first kappa shape index (κ1) is 22.3. The van der Waals surface area contributed by atoms with Crippen LogP contribution in [0.5, 0.6) is 5.75 Å². The maximum Gasteiger partial charge on any atom is 0.273 e. The third-order valence-electron chi connectivity index (χ3n) is 5.21. The van der Waals surface area contributed by atoms with E-state index in [9.17, 15) is 19.7 Å². The normalized spacial score (nSPS) is 15.2. The van der Waals surface area contributed by atoms with Crippen molar-refractivity contribution in [1.29, 1.82) is 0 Å². The van der Waals surface area contributed by atoms with Crippen LogP contribution in [0.4, 0.5) is 17.1 Å². The van der Waals surface area contributed by atoms with E-state index in [0.717, 1.165) is 0 Å². The zero-order chi connectivity index (χ0) is 22.9. The molecule has 0 bridgehead atoms. The summed E-state index contributed by atoms with van der Waals surface area (Å²) in [5.74, 6) is 0.302. The van der Waals surface area contributed by atoms with E-state index in [1.807, 2.05) is 27.7 Å². The lowest BCUT2D eigenvalue weighted by Crippen LogP contribution is -2.43. The zero-order valence-electron chi connectivity index (χ0n) is 18.4. The maximum absolute atomic E-state index is 13.2. The van der Waals surface area contributed by atoms with Crippen molar-refractivity contribution >= 4 is 28.9 Å². The van der Waals surface area contributed by atoms with Gasteiger partial charge in [0.2, 0.25) is 5.91 Å². The third-order valence-corrected chi connectivity index (χ3v) is 5.21. The summed E-state index contributed by atoms with van der Waals surface area (Å²) in [5.41, 5.74) is 0.784. The molecule has 1 aliphatic rings. The predicted molar refractivity (Wildman–Crippen MR) is 119 cm³/mol. The van der Waals surface area contributed by atoms with Gasteiger partial charge in [0.15, 0.2) is 0 Å². The number of carbonyl (C=O) groups is 2. The number of ether oxygens (including phenoxy) is 1. The Morgan fingerprint density at radius 3 is 2.65 bits per heavy atom. The molecule has 0 aromatic heterocycles. The van der Waals surface area contributed by atoms with E-state index in [1.165, 1.54) is 12.1 Å². The average molecular weight is 425 g/mol. The third kappa shape index (κ3) is 4.52. The number of hydrogen-bond donors (Lipinski definition) is 1. The van der Waals surface area contributed by atoms with Crippen LogP contribution in [0.25, 0.3) is 0 Å². The van der Waals surface area contributed by atoms with Gasteiger partial charge < -0.3 is 15.0 Å². The van der Waals surface area contributed by atoms with E-state index in [1.54, 1.807) is 36.1 Å². The highest BCUT2D eigenvalue weighted by Crippen LogP contribution is 2.38. The minimum atomic E-state index is -0.683. The number of nitrogens with one attached hydrogen (secondary N) is 1. The molecule has 2 aromatic carbocycles. The summed E-state index contributed by atoms with van der Waals surface area (Å²) in [6.07, 6.45) is 0. The molecule has 0 spiro atoms. The van der Waals surface area contributed by atoms with Crippen molar-refractivity contribution in [3.8, 4) is 5.75 Å². The Morgan fingerprint density at radius 2 is 2.00 bits per heavy atom. The molecular formula is C23H27N3O5. The zero-order valence-corrected chi connectivity index (χ0v) is 18.4. The molecule has 8 nitrogen and oxygen atoms in total. The molecule has 3 rings (SSSR count). The van der Waals surface area contributed by atoms with E-state index >= 15 is 0 Å². The van der Waals surface area contributed by atoms with E-state index < -0.39 is 16.2 Å². The molecule has 2 aromatic rings. The van der Waals surface area contributed by atoms with Crippen molar-refractivity contribution in [3.63, 3.8) is 0 Å². The lowest BCUT2D eigenvalue weighted by molar-refractivity contribution is -0.385. The Morgan fingerprint density at radius 1 is 1.29 bits per heavy atom. The maximum atomic E-state index is 13.2. The van der Waals surface area contributed by atoms with Crippen molar-refractivity contribution in [2.75, 3.05) is 23.4 Å². The Bertz CT molecular complexity index is 1050. The first-order valence-corrected chi connectivity index (χ1v) is 10.2. The Labute approximate surface area is 181 Å². The van der Waals surface area contributed by atoms with Crippen molar-refractivity contribution in [3.05, 3.63) is 57.6 Å². The number of nitro groups is 1. The molecule has 0 saturated carbocycles. The number of hydrogen-bond acceptors (Lipinski definition) is 5. The van der Waals surface area contributed by atoms with Crippen LogP contribution in [0.1, 0.15) is 43.6 Å². The number of anilines is 2. The minimum Gasteiger partial charge on any atom is -0.490 e. The SMILES string of the molecule is Cc1c(C(=O)Nc2ccc3c(c2)N(CC(C)C)C(=O)C(C)(C)CO3)cccc1[N+](=O)[O-]. The predicted octanol–water partition coefficient (Wildman–Crippen LogP) is 4.56. The molecule has 1 heterocycles. The highest BCUT2D eigenvalue weighted by atomic mass is 16.6. The van der Waals surface area contributed by atoms with E-state index in [2.05, 4.69) is 5.32 Å². The fraction of sp³-hybridized carbons (Fsp3) is 0.391. The van der Waals surface area contributed by atoms with Gasteiger partial charge in [-0.2, -0.15) is 0 Å². The number of rotatable bonds is 5. The van der Waals surface area contributed by atoms with Crippen molar-refractivity contribution in [2.45, 2.75) is 34.6 Å². The van der Waals surface area contributed by atoms with Gasteiger partial charge in [0, 0.05) is 29.4 Å². The number of fused-ring (bicyclic) bond motifs is 1. The molecule has 31 heavy (non-hydrogen) atoms. The quantitative estimate of drug-likeness (QED) is 0.559. The van der Waals surface area contributed by atoms with Gasteiger partial charge in [-0.1, -0.05) is 19.9 Å².